The quantitative estimate of drug-likeness (QED) is 0.681. The van der Waals surface area contributed by atoms with Crippen molar-refractivity contribution in [3.05, 3.63) is 0 Å². The van der Waals surface area contributed by atoms with Gasteiger partial charge in [-0.25, -0.2) is 0 Å². The summed E-state index contributed by atoms with van der Waals surface area (Å²) < 4.78 is 0. The van der Waals surface area contributed by atoms with Gasteiger partial charge in [0.25, 0.3) is 0 Å². The molecule has 0 aromatic rings. The summed E-state index contributed by atoms with van der Waals surface area (Å²) in [6.07, 6.45) is 0.810. The molecule has 3 N–H and O–H groups in total. The highest BCUT2D eigenvalue weighted by atomic mass is 16.4. The first kappa shape index (κ1) is 15.0. The van der Waals surface area contributed by atoms with E-state index in [1.54, 1.807) is 13.8 Å². The van der Waals surface area contributed by atoms with E-state index in [9.17, 15) is 9.59 Å². The number of carbonyl (C=O) groups is 2. The Labute approximate surface area is 108 Å². The van der Waals surface area contributed by atoms with Crippen LogP contribution in [0.1, 0.15) is 34.1 Å². The van der Waals surface area contributed by atoms with Gasteiger partial charge in [-0.1, -0.05) is 13.8 Å². The normalized spacial score (nSPS) is 24.3. The molecule has 0 aliphatic carbocycles. The van der Waals surface area contributed by atoms with Crippen LogP contribution < -0.4 is 10.6 Å². The Kier molecular flexibility index (Phi) is 4.37. The third kappa shape index (κ3) is 2.83. The zero-order valence-corrected chi connectivity index (χ0v) is 11.7. The summed E-state index contributed by atoms with van der Waals surface area (Å²) in [4.78, 5) is 23.3. The fraction of sp³-hybridized carbons (Fsp3) is 0.846. The molecule has 104 valence electrons. The summed E-state index contributed by atoms with van der Waals surface area (Å²) in [5.74, 6) is -0.691. The second-order valence-electron chi connectivity index (χ2n) is 6.11. The van der Waals surface area contributed by atoms with E-state index in [2.05, 4.69) is 10.6 Å². The van der Waals surface area contributed by atoms with E-state index in [0.717, 1.165) is 13.0 Å². The first-order valence-corrected chi connectivity index (χ1v) is 6.45. The lowest BCUT2D eigenvalue weighted by atomic mass is 9.75. The van der Waals surface area contributed by atoms with Gasteiger partial charge in [0, 0.05) is 13.1 Å². The molecule has 0 spiro atoms. The van der Waals surface area contributed by atoms with Crippen LogP contribution in [0.4, 0.5) is 0 Å². The van der Waals surface area contributed by atoms with Crippen LogP contribution in [0, 0.1) is 16.7 Å². The number of aliphatic carboxylic acids is 1. The Hall–Kier alpha value is -1.10. The SMILES string of the molecule is CC(C)C1(C(=O)NCC(C)(C)C(=O)O)CCNC1. The zero-order valence-electron chi connectivity index (χ0n) is 11.7. The van der Waals surface area contributed by atoms with Gasteiger partial charge in [-0.15, -0.1) is 0 Å². The van der Waals surface area contributed by atoms with Crippen LogP contribution in [0.2, 0.25) is 0 Å². The van der Waals surface area contributed by atoms with Gasteiger partial charge in [0.1, 0.15) is 0 Å². The van der Waals surface area contributed by atoms with Gasteiger partial charge in [0.15, 0.2) is 0 Å². The molecule has 0 saturated carbocycles. The molecule has 0 radical (unpaired) electrons. The third-order valence-corrected chi connectivity index (χ3v) is 4.02. The minimum absolute atomic E-state index is 0.0307. The molecule has 18 heavy (non-hydrogen) atoms. The predicted molar refractivity (Wildman–Crippen MR) is 69.2 cm³/mol. The van der Waals surface area contributed by atoms with Crippen molar-refractivity contribution >= 4 is 11.9 Å². The number of amides is 1. The lowest BCUT2D eigenvalue weighted by Gasteiger charge is -2.32. The van der Waals surface area contributed by atoms with Crippen LogP contribution in [0.5, 0.6) is 0 Å². The average Bonchev–Trinajstić information content (AvgIpc) is 2.76. The molecule has 1 aliphatic rings. The van der Waals surface area contributed by atoms with Crippen molar-refractivity contribution in [1.29, 1.82) is 0 Å². The average molecular weight is 256 g/mol. The Morgan fingerprint density at radius 2 is 2.06 bits per heavy atom. The number of carboxylic acid groups (broad SMARTS) is 1. The first-order valence-electron chi connectivity index (χ1n) is 6.45. The standard InChI is InChI=1S/C13H24N2O3/c1-9(2)13(5-6-14-8-13)10(16)15-7-12(3,4)11(17)18/h9,14H,5-8H2,1-4H3,(H,15,16)(H,17,18). The number of hydrogen-bond donors (Lipinski definition) is 3. The van der Waals surface area contributed by atoms with Gasteiger partial charge < -0.3 is 15.7 Å². The minimum atomic E-state index is -0.931. The molecule has 0 bridgehead atoms. The van der Waals surface area contributed by atoms with E-state index in [1.165, 1.54) is 0 Å². The van der Waals surface area contributed by atoms with Gasteiger partial charge in [0.05, 0.1) is 10.8 Å². The highest BCUT2D eigenvalue weighted by Crippen LogP contribution is 2.34. The van der Waals surface area contributed by atoms with Gasteiger partial charge in [-0.2, -0.15) is 0 Å². The topological polar surface area (TPSA) is 78.4 Å². The van der Waals surface area contributed by atoms with E-state index in [-0.39, 0.29) is 18.4 Å². The maximum Gasteiger partial charge on any atom is 0.310 e. The molecule has 1 amide bonds. The molecule has 1 saturated heterocycles. The van der Waals surface area contributed by atoms with Crippen LogP contribution in [0.3, 0.4) is 0 Å². The van der Waals surface area contributed by atoms with E-state index in [4.69, 9.17) is 5.11 Å². The van der Waals surface area contributed by atoms with Crippen LogP contribution in [-0.4, -0.2) is 36.6 Å². The summed E-state index contributed by atoms with van der Waals surface area (Å²) in [6.45, 7) is 8.98. The number of hydrogen-bond acceptors (Lipinski definition) is 3. The molecule has 5 heteroatoms. The molecular formula is C13H24N2O3. The Bertz CT molecular complexity index is 331. The molecule has 1 atom stereocenters. The molecular weight excluding hydrogens is 232 g/mol. The minimum Gasteiger partial charge on any atom is -0.481 e. The van der Waals surface area contributed by atoms with Crippen molar-refractivity contribution in [2.45, 2.75) is 34.1 Å². The van der Waals surface area contributed by atoms with Crippen molar-refractivity contribution in [1.82, 2.24) is 10.6 Å². The molecule has 5 nitrogen and oxygen atoms in total. The summed E-state index contributed by atoms with van der Waals surface area (Å²) in [5.41, 5.74) is -1.32. The van der Waals surface area contributed by atoms with E-state index < -0.39 is 16.8 Å². The molecule has 1 unspecified atom stereocenters. The van der Waals surface area contributed by atoms with E-state index >= 15 is 0 Å². The van der Waals surface area contributed by atoms with Gasteiger partial charge in [0.2, 0.25) is 5.91 Å². The van der Waals surface area contributed by atoms with E-state index in [1.807, 2.05) is 13.8 Å². The lowest BCUT2D eigenvalue weighted by Crippen LogP contribution is -2.49. The van der Waals surface area contributed by atoms with Crippen molar-refractivity contribution in [2.24, 2.45) is 16.7 Å². The second kappa shape index (κ2) is 5.26. The summed E-state index contributed by atoms with van der Waals surface area (Å²) >= 11 is 0. The molecule has 1 heterocycles. The van der Waals surface area contributed by atoms with Crippen molar-refractivity contribution < 1.29 is 14.7 Å². The van der Waals surface area contributed by atoms with Crippen molar-refractivity contribution in [3.8, 4) is 0 Å². The maximum absolute atomic E-state index is 12.3. The number of nitrogens with one attached hydrogen (secondary N) is 2. The lowest BCUT2D eigenvalue weighted by molar-refractivity contribution is -0.147. The molecule has 0 aromatic carbocycles. The highest BCUT2D eigenvalue weighted by Gasteiger charge is 2.44. The smallest absolute Gasteiger partial charge is 0.310 e. The fourth-order valence-electron chi connectivity index (χ4n) is 2.21. The summed E-state index contributed by atoms with van der Waals surface area (Å²) in [5, 5.41) is 15.1. The van der Waals surface area contributed by atoms with Gasteiger partial charge >= 0.3 is 5.97 Å². The predicted octanol–water partition coefficient (Wildman–Crippen LogP) is 0.849. The second-order valence-corrected chi connectivity index (χ2v) is 6.11. The fourth-order valence-corrected chi connectivity index (χ4v) is 2.21. The van der Waals surface area contributed by atoms with Crippen LogP contribution >= 0.6 is 0 Å². The van der Waals surface area contributed by atoms with Gasteiger partial charge in [-0.3, -0.25) is 9.59 Å². The van der Waals surface area contributed by atoms with Crippen molar-refractivity contribution in [3.63, 3.8) is 0 Å². The Morgan fingerprint density at radius 3 is 2.44 bits per heavy atom. The van der Waals surface area contributed by atoms with Crippen LogP contribution in [0.15, 0.2) is 0 Å². The van der Waals surface area contributed by atoms with Crippen LogP contribution in [0.25, 0.3) is 0 Å². The summed E-state index contributed by atoms with van der Waals surface area (Å²) in [7, 11) is 0. The van der Waals surface area contributed by atoms with Crippen LogP contribution in [-0.2, 0) is 9.59 Å². The maximum atomic E-state index is 12.3. The monoisotopic (exact) mass is 256 g/mol. The summed E-state index contributed by atoms with van der Waals surface area (Å²) in [6, 6.07) is 0. The molecule has 1 rings (SSSR count). The Morgan fingerprint density at radius 1 is 1.44 bits per heavy atom. The Balaban J connectivity index is 2.67. The molecule has 1 aliphatic heterocycles. The highest BCUT2D eigenvalue weighted by molar-refractivity contribution is 5.84. The van der Waals surface area contributed by atoms with E-state index in [0.29, 0.717) is 6.54 Å². The third-order valence-electron chi connectivity index (χ3n) is 4.02. The molecule has 1 fully saturated rings. The number of carbonyl (C=O) groups excluding carboxylic acids is 1. The number of rotatable bonds is 5. The number of carboxylic acids is 1. The zero-order chi connectivity index (χ0) is 14.0. The first-order chi connectivity index (χ1) is 8.22. The molecule has 0 aromatic heterocycles. The largest absolute Gasteiger partial charge is 0.481 e. The van der Waals surface area contributed by atoms with Gasteiger partial charge in [-0.05, 0) is 32.7 Å². The van der Waals surface area contributed by atoms with Crippen molar-refractivity contribution in [2.75, 3.05) is 19.6 Å².